The smallest absolute Gasteiger partial charge is 0.328 e. The molecule has 1 aromatic rings. The summed E-state index contributed by atoms with van der Waals surface area (Å²) < 4.78 is 0. The number of benzene rings is 1. The van der Waals surface area contributed by atoms with Crippen LogP contribution >= 0.6 is 0 Å². The average Bonchev–Trinajstić information content (AvgIpc) is 2.51. The zero-order chi connectivity index (χ0) is 18.8. The van der Waals surface area contributed by atoms with E-state index in [4.69, 9.17) is 5.11 Å². The lowest BCUT2D eigenvalue weighted by atomic mass is 9.61. The van der Waals surface area contributed by atoms with E-state index in [0.29, 0.717) is 16.7 Å². The largest absolute Gasteiger partial charge is 0.478 e. The Balaban J connectivity index is 2.60. The van der Waals surface area contributed by atoms with Gasteiger partial charge in [-0.15, -0.1) is 0 Å². The van der Waals surface area contributed by atoms with E-state index < -0.39 is 17.0 Å². The molecule has 0 saturated carbocycles. The monoisotopic (exact) mass is 340 g/mol. The number of carbonyl (C=O) groups excluding carboxylic acids is 1. The minimum atomic E-state index is -1.35. The normalized spacial score (nSPS) is 24.0. The fourth-order valence-corrected chi connectivity index (χ4v) is 3.36. The molecule has 0 radical (unpaired) electrons. The van der Waals surface area contributed by atoms with E-state index in [0.717, 1.165) is 11.6 Å². The predicted octanol–water partition coefficient (Wildman–Crippen LogP) is 3.78. The maximum absolute atomic E-state index is 12.7. The first-order chi connectivity index (χ1) is 11.6. The number of carboxylic acids is 1. The average molecular weight is 340 g/mol. The Kier molecular flexibility index (Phi) is 5.14. The van der Waals surface area contributed by atoms with Crippen molar-refractivity contribution < 1.29 is 19.8 Å². The van der Waals surface area contributed by atoms with Gasteiger partial charge in [0.05, 0.1) is 0 Å². The predicted molar refractivity (Wildman–Crippen MR) is 97.9 cm³/mol. The Morgan fingerprint density at radius 1 is 1.20 bits per heavy atom. The summed E-state index contributed by atoms with van der Waals surface area (Å²) in [6, 6.07) is 9.31. The zero-order valence-electron chi connectivity index (χ0n) is 15.0. The van der Waals surface area contributed by atoms with Crippen molar-refractivity contribution in [2.45, 2.75) is 39.7 Å². The number of hydrogen-bond acceptors (Lipinski definition) is 3. The highest BCUT2D eigenvalue weighted by atomic mass is 16.4. The Morgan fingerprint density at radius 2 is 1.80 bits per heavy atom. The van der Waals surface area contributed by atoms with Crippen molar-refractivity contribution in [3.63, 3.8) is 0 Å². The first-order valence-electron chi connectivity index (χ1n) is 8.21. The third-order valence-electron chi connectivity index (χ3n) is 4.86. The van der Waals surface area contributed by atoms with Crippen LogP contribution < -0.4 is 0 Å². The molecule has 0 amide bonds. The summed E-state index contributed by atoms with van der Waals surface area (Å²) >= 11 is 0. The summed E-state index contributed by atoms with van der Waals surface area (Å²) in [6.45, 7) is 7.11. The molecule has 0 spiro atoms. The zero-order valence-corrected chi connectivity index (χ0v) is 15.0. The van der Waals surface area contributed by atoms with Gasteiger partial charge in [-0.1, -0.05) is 50.3 Å². The Morgan fingerprint density at radius 3 is 2.36 bits per heavy atom. The number of ketones is 1. The van der Waals surface area contributed by atoms with Crippen molar-refractivity contribution in [2.75, 3.05) is 0 Å². The van der Waals surface area contributed by atoms with E-state index in [1.807, 2.05) is 44.2 Å². The minimum Gasteiger partial charge on any atom is -0.478 e. The van der Waals surface area contributed by atoms with Gasteiger partial charge in [-0.25, -0.2) is 4.79 Å². The highest BCUT2D eigenvalue weighted by molar-refractivity contribution is 6.23. The molecule has 0 heterocycles. The maximum atomic E-state index is 12.7. The van der Waals surface area contributed by atoms with Crippen molar-refractivity contribution in [1.82, 2.24) is 0 Å². The molecule has 2 rings (SSSR count). The van der Waals surface area contributed by atoms with Crippen LogP contribution in [0.4, 0.5) is 0 Å². The van der Waals surface area contributed by atoms with Crippen LogP contribution in [0, 0.1) is 5.41 Å². The van der Waals surface area contributed by atoms with Crippen LogP contribution in [0.5, 0.6) is 0 Å². The summed E-state index contributed by atoms with van der Waals surface area (Å²) in [7, 11) is 0. The molecular formula is C21H24O4. The maximum Gasteiger partial charge on any atom is 0.328 e. The molecule has 25 heavy (non-hydrogen) atoms. The van der Waals surface area contributed by atoms with Gasteiger partial charge in [-0.3, -0.25) is 4.79 Å². The fraction of sp³-hybridized carbons (Fsp3) is 0.333. The molecule has 132 valence electrons. The number of carboxylic acid groups (broad SMARTS) is 1. The van der Waals surface area contributed by atoms with Crippen LogP contribution in [-0.4, -0.2) is 27.6 Å². The number of rotatable bonds is 4. The molecule has 1 aromatic carbocycles. The van der Waals surface area contributed by atoms with Crippen molar-refractivity contribution in [1.29, 1.82) is 0 Å². The SMILES string of the molecule is CC(C=CC1(O)C(C)=C(c2ccccc2)C(=O)CC1(C)C)=CC(=O)O. The van der Waals surface area contributed by atoms with Gasteiger partial charge in [0, 0.05) is 23.5 Å². The van der Waals surface area contributed by atoms with E-state index in [9.17, 15) is 14.7 Å². The number of carbonyl (C=O) groups is 2. The van der Waals surface area contributed by atoms with Gasteiger partial charge in [0.2, 0.25) is 0 Å². The van der Waals surface area contributed by atoms with Crippen LogP contribution in [0.1, 0.15) is 39.7 Å². The van der Waals surface area contributed by atoms with Crippen molar-refractivity contribution in [3.8, 4) is 0 Å². The third kappa shape index (κ3) is 3.64. The second-order valence-electron chi connectivity index (χ2n) is 7.18. The highest BCUT2D eigenvalue weighted by Gasteiger charge is 2.49. The topological polar surface area (TPSA) is 74.6 Å². The Bertz CT molecular complexity index is 781. The van der Waals surface area contributed by atoms with Crippen LogP contribution in [-0.2, 0) is 9.59 Å². The number of Topliss-reactive ketones (excluding diaryl/α,β-unsaturated/α-hetero) is 1. The van der Waals surface area contributed by atoms with Crippen LogP contribution in [0.3, 0.4) is 0 Å². The molecule has 1 atom stereocenters. The molecule has 0 fully saturated rings. The lowest BCUT2D eigenvalue weighted by Gasteiger charge is -2.45. The van der Waals surface area contributed by atoms with Crippen molar-refractivity contribution in [3.05, 3.63) is 65.3 Å². The van der Waals surface area contributed by atoms with Crippen LogP contribution in [0.25, 0.3) is 5.57 Å². The van der Waals surface area contributed by atoms with E-state index >= 15 is 0 Å². The number of aliphatic carboxylic acids is 1. The Labute approximate surface area is 148 Å². The molecule has 0 bridgehead atoms. The van der Waals surface area contributed by atoms with Gasteiger partial charge in [-0.05, 0) is 36.6 Å². The van der Waals surface area contributed by atoms with Crippen LogP contribution in [0.15, 0.2) is 59.7 Å². The molecule has 0 aliphatic heterocycles. The molecule has 2 N–H and O–H groups in total. The van der Waals surface area contributed by atoms with Gasteiger partial charge in [-0.2, -0.15) is 0 Å². The van der Waals surface area contributed by atoms with Crippen molar-refractivity contribution in [2.24, 2.45) is 5.41 Å². The van der Waals surface area contributed by atoms with E-state index in [-0.39, 0.29) is 12.2 Å². The second-order valence-corrected chi connectivity index (χ2v) is 7.18. The first kappa shape index (κ1) is 18.9. The molecule has 1 aliphatic carbocycles. The van der Waals surface area contributed by atoms with Gasteiger partial charge in [0.25, 0.3) is 0 Å². The summed E-state index contributed by atoms with van der Waals surface area (Å²) in [5.74, 6) is -1.03. The number of allylic oxidation sites excluding steroid dienone is 3. The molecule has 1 unspecified atom stereocenters. The fourth-order valence-electron chi connectivity index (χ4n) is 3.36. The summed E-state index contributed by atoms with van der Waals surface area (Å²) in [5, 5.41) is 20.3. The van der Waals surface area contributed by atoms with Gasteiger partial charge in [0.15, 0.2) is 5.78 Å². The summed E-state index contributed by atoms with van der Waals surface area (Å²) in [4.78, 5) is 23.5. The van der Waals surface area contributed by atoms with E-state index in [1.54, 1.807) is 26.0 Å². The third-order valence-corrected chi connectivity index (χ3v) is 4.86. The highest BCUT2D eigenvalue weighted by Crippen LogP contribution is 2.48. The number of aliphatic hydroxyl groups is 1. The molecule has 0 aromatic heterocycles. The first-order valence-corrected chi connectivity index (χ1v) is 8.21. The molecule has 4 nitrogen and oxygen atoms in total. The van der Waals surface area contributed by atoms with Gasteiger partial charge >= 0.3 is 5.97 Å². The molecule has 1 aliphatic rings. The Hall–Kier alpha value is -2.46. The van der Waals surface area contributed by atoms with Gasteiger partial charge < -0.3 is 10.2 Å². The standard InChI is InChI=1S/C21H24O4/c1-14(12-18(23)24)10-11-21(25)15(2)19(16-8-6-5-7-9-16)17(22)13-20(21,3)4/h5-12,25H,13H2,1-4H3,(H,23,24). The lowest BCUT2D eigenvalue weighted by molar-refractivity contribution is -0.131. The summed E-state index contributed by atoms with van der Waals surface area (Å²) in [5.41, 5.74) is 0.366. The van der Waals surface area contributed by atoms with Crippen LogP contribution in [0.2, 0.25) is 0 Å². The number of hydrogen-bond donors (Lipinski definition) is 2. The quantitative estimate of drug-likeness (QED) is 0.646. The second kappa shape index (κ2) is 6.81. The van der Waals surface area contributed by atoms with Gasteiger partial charge in [0.1, 0.15) is 5.60 Å². The van der Waals surface area contributed by atoms with E-state index in [2.05, 4.69) is 0 Å². The lowest BCUT2D eigenvalue weighted by Crippen LogP contribution is -2.49. The summed E-state index contributed by atoms with van der Waals surface area (Å²) in [6.07, 6.45) is 4.49. The van der Waals surface area contributed by atoms with Crippen molar-refractivity contribution >= 4 is 17.3 Å². The minimum absolute atomic E-state index is 0.00424. The molecule has 0 saturated heterocycles. The van der Waals surface area contributed by atoms with E-state index in [1.165, 1.54) is 0 Å². The molecule has 4 heteroatoms. The molecular weight excluding hydrogens is 316 g/mol.